The third-order valence-electron chi connectivity index (χ3n) is 7.87. The molecule has 186 valence electrons. The molecule has 1 saturated heterocycles. The Morgan fingerprint density at radius 3 is 2.61 bits per heavy atom. The number of thiophene rings is 1. The Bertz CT molecular complexity index is 1650. The lowest BCUT2D eigenvalue weighted by Crippen LogP contribution is -2.51. The minimum atomic E-state index is -1.33. The number of benzene rings is 2. The topological polar surface area (TPSA) is 79.4 Å². The fourth-order valence-electron chi connectivity index (χ4n) is 6.41. The molecule has 3 aliphatic rings. The molecule has 1 fully saturated rings. The zero-order valence-electron chi connectivity index (χ0n) is 19.9. The molecular weight excluding hydrogens is 518 g/mol. The number of amides is 1. The van der Waals surface area contributed by atoms with Crippen LogP contribution in [0.25, 0.3) is 6.08 Å². The van der Waals surface area contributed by atoms with Gasteiger partial charge in [0.1, 0.15) is 11.5 Å². The Morgan fingerprint density at radius 2 is 1.82 bits per heavy atom. The predicted molar refractivity (Wildman–Crippen MR) is 148 cm³/mol. The molecule has 0 aliphatic carbocycles. The molecule has 8 heteroatoms. The van der Waals surface area contributed by atoms with Gasteiger partial charge in [-0.05, 0) is 59.0 Å². The molecule has 0 unspecified atom stereocenters. The van der Waals surface area contributed by atoms with E-state index in [2.05, 4.69) is 10.3 Å². The molecule has 4 aromatic rings. The lowest BCUT2D eigenvalue weighted by Gasteiger charge is -2.37. The minimum Gasteiger partial charge on any atom is -0.352 e. The van der Waals surface area contributed by atoms with Crippen LogP contribution in [0.5, 0.6) is 0 Å². The van der Waals surface area contributed by atoms with E-state index in [1.165, 1.54) is 11.3 Å². The van der Waals surface area contributed by atoms with Gasteiger partial charge in [0.2, 0.25) is 5.91 Å². The number of hydrogen-bond acceptors (Lipinski definition) is 6. The highest BCUT2D eigenvalue weighted by Gasteiger charge is 2.70. The summed E-state index contributed by atoms with van der Waals surface area (Å²) in [5.41, 5.74) is 2.05. The Hall–Kier alpha value is -4.07. The third-order valence-corrected chi connectivity index (χ3v) is 8.99. The molecule has 1 amide bonds. The van der Waals surface area contributed by atoms with Crippen molar-refractivity contribution in [2.24, 2.45) is 5.92 Å². The second-order valence-corrected chi connectivity index (χ2v) is 11.0. The summed E-state index contributed by atoms with van der Waals surface area (Å²) in [6.07, 6.45) is 6.98. The minimum absolute atomic E-state index is 0.192. The van der Waals surface area contributed by atoms with Crippen LogP contribution in [0.3, 0.4) is 0 Å². The molecule has 2 aromatic carbocycles. The van der Waals surface area contributed by atoms with Crippen LogP contribution in [-0.2, 0) is 10.2 Å². The van der Waals surface area contributed by atoms with Crippen molar-refractivity contribution in [1.29, 1.82) is 0 Å². The molecule has 38 heavy (non-hydrogen) atoms. The van der Waals surface area contributed by atoms with Crippen molar-refractivity contribution in [3.63, 3.8) is 0 Å². The number of para-hydroxylation sites is 1. The first-order chi connectivity index (χ1) is 18.5. The van der Waals surface area contributed by atoms with Gasteiger partial charge in [-0.1, -0.05) is 48.0 Å². The maximum absolute atomic E-state index is 14.5. The molecule has 2 aromatic heterocycles. The number of rotatable bonds is 4. The van der Waals surface area contributed by atoms with Crippen LogP contribution in [-0.4, -0.2) is 34.5 Å². The maximum atomic E-state index is 14.5. The first-order valence-electron chi connectivity index (χ1n) is 12.2. The van der Waals surface area contributed by atoms with Crippen LogP contribution < -0.4 is 10.2 Å². The quantitative estimate of drug-likeness (QED) is 0.340. The molecule has 4 atom stereocenters. The highest BCUT2D eigenvalue weighted by molar-refractivity contribution is 7.12. The number of carbonyl (C=O) groups excluding carboxylic acids is 3. The lowest BCUT2D eigenvalue weighted by atomic mass is 9.64. The molecule has 5 heterocycles. The van der Waals surface area contributed by atoms with E-state index in [0.717, 1.165) is 16.8 Å². The largest absolute Gasteiger partial charge is 0.352 e. The summed E-state index contributed by atoms with van der Waals surface area (Å²) >= 11 is 7.66. The van der Waals surface area contributed by atoms with Gasteiger partial charge in [-0.2, -0.15) is 0 Å². The number of Topliss-reactive ketones (excluding diaryl/α,β-unsaturated/α-hetero) is 2. The summed E-state index contributed by atoms with van der Waals surface area (Å²) < 4.78 is 0. The second kappa shape index (κ2) is 8.48. The molecule has 1 N–H and O–H groups in total. The highest BCUT2D eigenvalue weighted by atomic mass is 35.5. The second-order valence-electron chi connectivity index (χ2n) is 9.65. The first kappa shape index (κ1) is 23.1. The van der Waals surface area contributed by atoms with Gasteiger partial charge >= 0.3 is 0 Å². The number of pyridine rings is 1. The van der Waals surface area contributed by atoms with Gasteiger partial charge in [-0.3, -0.25) is 19.4 Å². The zero-order chi connectivity index (χ0) is 26.0. The third kappa shape index (κ3) is 3.06. The van der Waals surface area contributed by atoms with Crippen LogP contribution >= 0.6 is 22.9 Å². The predicted octanol–water partition coefficient (Wildman–Crippen LogP) is 5.65. The molecule has 7 rings (SSSR count). The van der Waals surface area contributed by atoms with Gasteiger partial charge < -0.3 is 10.2 Å². The average Bonchev–Trinajstić information content (AvgIpc) is 3.65. The molecule has 0 radical (unpaired) electrons. The summed E-state index contributed by atoms with van der Waals surface area (Å²) in [4.78, 5) is 49.7. The van der Waals surface area contributed by atoms with Gasteiger partial charge in [-0.15, -0.1) is 11.3 Å². The maximum Gasteiger partial charge on any atom is 0.238 e. The van der Waals surface area contributed by atoms with Crippen molar-refractivity contribution >= 4 is 57.9 Å². The molecule has 1 spiro atoms. The number of halogens is 1. The number of nitrogens with zero attached hydrogens (tertiary/aromatic N) is 2. The van der Waals surface area contributed by atoms with Crippen molar-refractivity contribution in [2.75, 3.05) is 10.2 Å². The highest BCUT2D eigenvalue weighted by Crippen LogP contribution is 2.58. The van der Waals surface area contributed by atoms with Gasteiger partial charge in [0.15, 0.2) is 11.6 Å². The van der Waals surface area contributed by atoms with Crippen molar-refractivity contribution < 1.29 is 14.4 Å². The lowest BCUT2D eigenvalue weighted by molar-refractivity contribution is -0.121. The molecule has 0 saturated carbocycles. The fraction of sp³-hybridized carbons (Fsp3) is 0.133. The normalized spacial score (nSPS) is 24.6. The average molecular weight is 538 g/mol. The van der Waals surface area contributed by atoms with Gasteiger partial charge in [0.25, 0.3) is 0 Å². The SMILES string of the molecule is O=C(c1cccs1)[C@@H]1[C@H](C(=O)c2ccncc2)[C@@]2(C(=O)Nc3ccccc32)[C@@H]2C=Cc3cc(Cl)ccc3N12. The Morgan fingerprint density at radius 1 is 1.00 bits per heavy atom. The van der Waals surface area contributed by atoms with E-state index in [1.54, 1.807) is 36.7 Å². The molecule has 3 aliphatic heterocycles. The van der Waals surface area contributed by atoms with E-state index >= 15 is 0 Å². The van der Waals surface area contributed by atoms with E-state index in [-0.39, 0.29) is 17.5 Å². The van der Waals surface area contributed by atoms with Gasteiger partial charge in [0, 0.05) is 34.4 Å². The monoisotopic (exact) mass is 537 g/mol. The molecule has 0 bridgehead atoms. The summed E-state index contributed by atoms with van der Waals surface area (Å²) in [7, 11) is 0. The number of hydrogen-bond donors (Lipinski definition) is 1. The zero-order valence-corrected chi connectivity index (χ0v) is 21.4. The van der Waals surface area contributed by atoms with Gasteiger partial charge in [0.05, 0.1) is 16.8 Å². The van der Waals surface area contributed by atoms with E-state index in [1.807, 2.05) is 64.9 Å². The number of anilines is 2. The Kier molecular flexibility index (Phi) is 5.15. The summed E-state index contributed by atoms with van der Waals surface area (Å²) in [5, 5.41) is 5.44. The van der Waals surface area contributed by atoms with Crippen molar-refractivity contribution in [2.45, 2.75) is 17.5 Å². The summed E-state index contributed by atoms with van der Waals surface area (Å²) in [5.74, 6) is -1.75. The van der Waals surface area contributed by atoms with Gasteiger partial charge in [-0.25, -0.2) is 0 Å². The Balaban J connectivity index is 1.55. The smallest absolute Gasteiger partial charge is 0.238 e. The van der Waals surface area contributed by atoms with Crippen LogP contribution in [0, 0.1) is 5.92 Å². The van der Waals surface area contributed by atoms with Crippen LogP contribution in [0.15, 0.2) is 90.6 Å². The van der Waals surface area contributed by atoms with Crippen molar-refractivity contribution in [3.8, 4) is 0 Å². The number of ketones is 2. The summed E-state index contributed by atoms with van der Waals surface area (Å²) in [6, 6.07) is 18.3. The van der Waals surface area contributed by atoms with E-state index in [4.69, 9.17) is 11.6 Å². The van der Waals surface area contributed by atoms with E-state index in [9.17, 15) is 14.4 Å². The number of carbonyl (C=O) groups is 3. The number of nitrogens with one attached hydrogen (secondary N) is 1. The first-order valence-corrected chi connectivity index (χ1v) is 13.5. The summed E-state index contributed by atoms with van der Waals surface area (Å²) in [6.45, 7) is 0. The van der Waals surface area contributed by atoms with Crippen molar-refractivity contribution in [3.05, 3.63) is 117 Å². The van der Waals surface area contributed by atoms with E-state index in [0.29, 0.717) is 21.2 Å². The van der Waals surface area contributed by atoms with Crippen LogP contribution in [0.1, 0.15) is 31.2 Å². The number of aromatic nitrogens is 1. The fourth-order valence-corrected chi connectivity index (χ4v) is 7.29. The van der Waals surface area contributed by atoms with Crippen LogP contribution in [0.2, 0.25) is 5.02 Å². The van der Waals surface area contributed by atoms with Crippen molar-refractivity contribution in [1.82, 2.24) is 4.98 Å². The number of fused-ring (bicyclic) bond motifs is 6. The van der Waals surface area contributed by atoms with Crippen LogP contribution in [0.4, 0.5) is 11.4 Å². The van der Waals surface area contributed by atoms with E-state index < -0.39 is 23.4 Å². The standard InChI is InChI=1S/C30H20ClN3O3S/c31-19-8-9-22-18(16-19)7-10-24-30(20-4-1-2-5-21(20)33-29(30)37)25(27(35)17-11-13-32-14-12-17)26(34(22)24)28(36)23-6-3-15-38-23/h1-16,24-26H,(H,33,37)/t24-,25+,26-,30-/m0/s1. The molecule has 6 nitrogen and oxygen atoms in total. The Labute approximate surface area is 227 Å². The molecular formula is C30H20ClN3O3S.